The van der Waals surface area contributed by atoms with Crippen LogP contribution in [-0.4, -0.2) is 148 Å². The van der Waals surface area contributed by atoms with Crippen molar-refractivity contribution < 1.29 is 55.1 Å². The first-order valence-corrected chi connectivity index (χ1v) is 26.3. The van der Waals surface area contributed by atoms with E-state index in [9.17, 15) is 50.4 Å². The molecule has 6 rings (SSSR count). The van der Waals surface area contributed by atoms with Crippen molar-refractivity contribution in [2.24, 2.45) is 5.92 Å². The topological polar surface area (TPSA) is 276 Å². The molecule has 20 nitrogen and oxygen atoms in total. The van der Waals surface area contributed by atoms with E-state index < -0.39 is 78.8 Å². The van der Waals surface area contributed by atoms with Crippen LogP contribution >= 0.6 is 11.8 Å². The van der Waals surface area contributed by atoms with E-state index in [-0.39, 0.29) is 99.7 Å². The van der Waals surface area contributed by atoms with Crippen molar-refractivity contribution in [3.63, 3.8) is 0 Å². The molecule has 0 saturated carbocycles. The third-order valence-electron chi connectivity index (χ3n) is 11.5. The van der Waals surface area contributed by atoms with Crippen molar-refractivity contribution in [1.82, 2.24) is 35.8 Å². The van der Waals surface area contributed by atoms with Gasteiger partial charge >= 0.3 is 0 Å². The Morgan fingerprint density at radius 3 is 2.42 bits per heavy atom. The van der Waals surface area contributed by atoms with Crippen LogP contribution in [0.15, 0.2) is 48.5 Å². The molecule has 0 bridgehead atoms. The normalized spacial score (nSPS) is 21.8. The van der Waals surface area contributed by atoms with Crippen LogP contribution in [0.3, 0.4) is 0 Å². The van der Waals surface area contributed by atoms with Gasteiger partial charge in [0.25, 0.3) is 11.8 Å². The zero-order chi connectivity index (χ0) is 46.7. The number of ether oxygens (including phenoxy) is 1. The maximum absolute atomic E-state index is 13.5. The van der Waals surface area contributed by atoms with Gasteiger partial charge in [-0.15, -0.1) is 11.8 Å². The summed E-state index contributed by atoms with van der Waals surface area (Å²) in [6, 6.07) is 12.3. The Hall–Kier alpha value is -4.94. The Morgan fingerprint density at radius 1 is 0.908 bits per heavy atom. The average molecular weight is 961 g/mol. The molecule has 65 heavy (non-hydrogen) atoms. The molecule has 3 saturated heterocycles. The number of unbranched alkanes of at least 4 members (excludes halogenated alkanes) is 1. The molecule has 0 aliphatic carbocycles. The lowest BCUT2D eigenvalue weighted by atomic mass is 10.0. The first kappa shape index (κ1) is 49.5. The summed E-state index contributed by atoms with van der Waals surface area (Å²) >= 11 is 1.51. The smallest absolute Gasteiger partial charge is 0.264 e. The third-order valence-corrected chi connectivity index (χ3v) is 15.7. The number of nitrogens with one attached hydrogen (secondary N) is 6. The minimum Gasteiger partial charge on any atom is -0.384 e. The summed E-state index contributed by atoms with van der Waals surface area (Å²) in [6.45, 7) is 0.624. The van der Waals surface area contributed by atoms with Crippen molar-refractivity contribution in [2.45, 2.75) is 75.0 Å². The van der Waals surface area contributed by atoms with E-state index in [2.05, 4.69) is 31.9 Å². The lowest BCUT2D eigenvalue weighted by molar-refractivity contribution is -0.136. The predicted molar refractivity (Wildman–Crippen MR) is 240 cm³/mol. The van der Waals surface area contributed by atoms with Crippen LogP contribution < -0.4 is 31.9 Å². The summed E-state index contributed by atoms with van der Waals surface area (Å²) in [5.41, 5.74) is 1.21. The lowest BCUT2D eigenvalue weighted by Crippen LogP contribution is -2.54. The molecule has 4 aliphatic rings. The van der Waals surface area contributed by atoms with Gasteiger partial charge in [0.1, 0.15) is 27.4 Å². The summed E-state index contributed by atoms with van der Waals surface area (Å²) < 4.78 is 56.5. The average Bonchev–Trinajstić information content (AvgIpc) is 4.02. The first-order chi connectivity index (χ1) is 31.0. The van der Waals surface area contributed by atoms with Crippen LogP contribution in [0.1, 0.15) is 83.7 Å². The highest BCUT2D eigenvalue weighted by atomic mass is 32.2. The monoisotopic (exact) mass is 960 g/mol. The number of hydrogen-bond acceptors (Lipinski definition) is 15. The van der Waals surface area contributed by atoms with Crippen molar-refractivity contribution in [3.8, 4) is 0 Å². The van der Waals surface area contributed by atoms with Crippen LogP contribution in [0.5, 0.6) is 0 Å². The van der Waals surface area contributed by atoms with E-state index in [1.807, 2.05) is 30.3 Å². The molecule has 354 valence electrons. The molecule has 3 fully saturated rings. The highest BCUT2D eigenvalue weighted by molar-refractivity contribution is 8.00. The molecule has 6 N–H and O–H groups in total. The van der Waals surface area contributed by atoms with Crippen LogP contribution in [0.25, 0.3) is 0 Å². The molecule has 4 heterocycles. The van der Waals surface area contributed by atoms with E-state index in [1.54, 1.807) is 12.1 Å². The van der Waals surface area contributed by atoms with Gasteiger partial charge in [0, 0.05) is 63.1 Å². The number of piperidine rings is 1. The van der Waals surface area contributed by atoms with Crippen molar-refractivity contribution >= 4 is 78.7 Å². The van der Waals surface area contributed by atoms with Gasteiger partial charge in [-0.25, -0.2) is 21.1 Å². The summed E-state index contributed by atoms with van der Waals surface area (Å²) in [6.07, 6.45) is 2.83. The maximum atomic E-state index is 13.5. The standard InChI is InChI=1S/C42H56N8O12S3/c1-64(58,59)49-20-17-28(24-49)37(53)45-31(38(54)48-42-46-32(26-63-42)27-10-3-2-4-11-27)25-62-21-8-14-34(51)44-18-5-6-22-65(60,61)23-9-19-43-30-13-7-12-29-36(30)41(57)50(40(29)56)33-15-16-35(52)47-39(33)55/h2-4,7,10-13,28,31-33,42-43,46H,5-6,8-9,14-26H2,1H3,(H,44,51)(H,45,53)(H,48,54)(H,47,52,55)/t28?,31-,32?,33?,42?/m0/s1. The zero-order valence-corrected chi connectivity index (χ0v) is 38.5. The molecule has 4 unspecified atom stereocenters. The first-order valence-electron chi connectivity index (χ1n) is 21.6. The summed E-state index contributed by atoms with van der Waals surface area (Å²) in [5, 5.41) is 17.0. The Balaban J connectivity index is 0.861. The van der Waals surface area contributed by atoms with Gasteiger partial charge < -0.3 is 26.0 Å². The number of sulfonamides is 1. The highest BCUT2D eigenvalue weighted by Crippen LogP contribution is 2.32. The number of sulfone groups is 1. The van der Waals surface area contributed by atoms with Crippen molar-refractivity contribution in [2.75, 3.05) is 68.2 Å². The fraction of sp³-hybridized carbons (Fsp3) is 0.548. The van der Waals surface area contributed by atoms with Gasteiger partial charge in [-0.2, -0.15) is 0 Å². The Labute approximate surface area is 382 Å². The van der Waals surface area contributed by atoms with Gasteiger partial charge in [-0.1, -0.05) is 36.4 Å². The van der Waals surface area contributed by atoms with Gasteiger partial charge in [-0.05, 0) is 56.2 Å². The third kappa shape index (κ3) is 13.6. The number of carbonyl (C=O) groups is 7. The number of nitrogens with zero attached hydrogens (tertiary/aromatic N) is 2. The minimum atomic E-state index is -3.47. The number of fused-ring (bicyclic) bond motifs is 1. The largest absolute Gasteiger partial charge is 0.384 e. The number of thioether (sulfide) groups is 1. The highest BCUT2D eigenvalue weighted by Gasteiger charge is 2.45. The lowest BCUT2D eigenvalue weighted by Gasteiger charge is -2.27. The molecule has 5 atom stereocenters. The number of rotatable bonds is 23. The second-order valence-electron chi connectivity index (χ2n) is 16.4. The van der Waals surface area contributed by atoms with E-state index in [1.165, 1.54) is 22.1 Å². The number of benzene rings is 2. The van der Waals surface area contributed by atoms with Gasteiger partial charge in [0.05, 0.1) is 41.4 Å². The second kappa shape index (κ2) is 22.5. The SMILES string of the molecule is CS(=O)(=O)N1CCC(C(=O)N[C@@H](COCCCC(=O)NCCCCS(=O)(=O)CCCNc2cccc3c2C(=O)N(C2CCC(=O)NC2=O)C3=O)C(=O)NC2NC(c3ccccc3)CS2)C1. The van der Waals surface area contributed by atoms with Gasteiger partial charge in [0.2, 0.25) is 39.6 Å². The molecule has 0 radical (unpaired) electrons. The molecule has 2 aromatic rings. The Morgan fingerprint density at radius 2 is 1.68 bits per heavy atom. The predicted octanol–water partition coefficient (Wildman–Crippen LogP) is 0.242. The van der Waals surface area contributed by atoms with Crippen molar-refractivity contribution in [1.29, 1.82) is 0 Å². The molecule has 2 aromatic carbocycles. The Kier molecular flexibility index (Phi) is 17.1. The molecule has 4 aliphatic heterocycles. The summed E-state index contributed by atoms with van der Waals surface area (Å²) in [7, 11) is -6.90. The summed E-state index contributed by atoms with van der Waals surface area (Å²) in [4.78, 5) is 90.4. The summed E-state index contributed by atoms with van der Waals surface area (Å²) in [5.74, 6) is -3.78. The van der Waals surface area contributed by atoms with Gasteiger partial charge in [-0.3, -0.25) is 49.1 Å². The van der Waals surface area contributed by atoms with E-state index in [0.717, 1.165) is 22.5 Å². The van der Waals surface area contributed by atoms with E-state index >= 15 is 0 Å². The zero-order valence-electron chi connectivity index (χ0n) is 36.0. The molecule has 7 amide bonds. The maximum Gasteiger partial charge on any atom is 0.264 e. The second-order valence-corrected chi connectivity index (χ2v) is 21.8. The molecule has 0 aromatic heterocycles. The fourth-order valence-electron chi connectivity index (χ4n) is 7.96. The van der Waals surface area contributed by atoms with Crippen LogP contribution in [-0.2, 0) is 48.6 Å². The quantitative estimate of drug-likeness (QED) is 0.0643. The van der Waals surface area contributed by atoms with Crippen LogP contribution in [0.2, 0.25) is 0 Å². The van der Waals surface area contributed by atoms with E-state index in [4.69, 9.17) is 4.74 Å². The molecule has 0 spiro atoms. The number of imide groups is 2. The molecular formula is C42H56N8O12S3. The number of amides is 7. The van der Waals surface area contributed by atoms with Gasteiger partial charge in [0.15, 0.2) is 0 Å². The molecule has 23 heteroatoms. The van der Waals surface area contributed by atoms with Crippen molar-refractivity contribution in [3.05, 3.63) is 65.2 Å². The van der Waals surface area contributed by atoms with E-state index in [0.29, 0.717) is 31.4 Å². The number of hydrogen-bond donors (Lipinski definition) is 6. The van der Waals surface area contributed by atoms with Crippen LogP contribution in [0, 0.1) is 5.92 Å². The molecular weight excluding hydrogens is 905 g/mol. The number of anilines is 1. The minimum absolute atomic E-state index is 0.000976. The van der Waals surface area contributed by atoms with Crippen LogP contribution in [0.4, 0.5) is 5.69 Å². The number of carbonyl (C=O) groups excluding carboxylic acids is 7. The fourth-order valence-corrected chi connectivity index (χ4v) is 11.4. The Bertz CT molecular complexity index is 2340.